The molecule has 1 amide bonds. The number of hydrogen-bond acceptors (Lipinski definition) is 3. The Morgan fingerprint density at radius 3 is 2.52 bits per heavy atom. The van der Waals surface area contributed by atoms with Gasteiger partial charge in [-0.1, -0.05) is 55.5 Å². The minimum atomic E-state index is -0.523. The van der Waals surface area contributed by atoms with Crippen molar-refractivity contribution in [3.8, 4) is 11.5 Å². The van der Waals surface area contributed by atoms with E-state index in [1.54, 1.807) is 0 Å². The summed E-state index contributed by atoms with van der Waals surface area (Å²) in [6, 6.07) is 21.8. The van der Waals surface area contributed by atoms with E-state index in [-0.39, 0.29) is 5.91 Å². The van der Waals surface area contributed by atoms with Gasteiger partial charge in [-0.2, -0.15) is 0 Å². The van der Waals surface area contributed by atoms with Gasteiger partial charge in [-0.05, 0) is 47.9 Å². The molecule has 0 aliphatic heterocycles. The second kappa shape index (κ2) is 9.08. The van der Waals surface area contributed by atoms with Crippen molar-refractivity contribution < 1.29 is 14.3 Å². The van der Waals surface area contributed by atoms with E-state index >= 15 is 0 Å². The van der Waals surface area contributed by atoms with Crippen LogP contribution in [0.15, 0.2) is 66.7 Å². The van der Waals surface area contributed by atoms with Crippen LogP contribution in [-0.2, 0) is 4.79 Å². The van der Waals surface area contributed by atoms with Crippen molar-refractivity contribution in [3.05, 3.63) is 72.3 Å². The number of benzene rings is 3. The Morgan fingerprint density at radius 2 is 1.74 bits per heavy atom. The molecule has 4 heteroatoms. The average molecular weight is 363 g/mol. The SMILES string of the molecule is CC[C@H](Oc1ccc2ccccc2c1)C(=O)NCCOc1ccccc1C. The van der Waals surface area contributed by atoms with E-state index in [1.165, 1.54) is 0 Å². The normalized spacial score (nSPS) is 11.8. The second-order valence-electron chi connectivity index (χ2n) is 6.43. The Labute approximate surface area is 160 Å². The lowest BCUT2D eigenvalue weighted by Crippen LogP contribution is -2.39. The van der Waals surface area contributed by atoms with Crippen molar-refractivity contribution in [2.45, 2.75) is 26.4 Å². The molecule has 3 aromatic carbocycles. The van der Waals surface area contributed by atoms with Gasteiger partial charge in [-0.15, -0.1) is 0 Å². The van der Waals surface area contributed by atoms with Crippen molar-refractivity contribution in [1.82, 2.24) is 5.32 Å². The largest absolute Gasteiger partial charge is 0.491 e. The van der Waals surface area contributed by atoms with Crippen LogP contribution in [0.1, 0.15) is 18.9 Å². The lowest BCUT2D eigenvalue weighted by molar-refractivity contribution is -0.128. The Morgan fingerprint density at radius 1 is 1.00 bits per heavy atom. The van der Waals surface area contributed by atoms with Crippen LogP contribution in [0.4, 0.5) is 0 Å². The molecule has 0 radical (unpaired) electrons. The van der Waals surface area contributed by atoms with Gasteiger partial charge in [-0.25, -0.2) is 0 Å². The molecule has 0 fully saturated rings. The van der Waals surface area contributed by atoms with E-state index in [1.807, 2.05) is 74.5 Å². The van der Waals surface area contributed by atoms with E-state index in [9.17, 15) is 4.79 Å². The number of nitrogens with one attached hydrogen (secondary N) is 1. The third-order valence-electron chi connectivity index (χ3n) is 4.41. The first-order valence-electron chi connectivity index (χ1n) is 9.29. The molecular weight excluding hydrogens is 338 g/mol. The fourth-order valence-electron chi connectivity index (χ4n) is 2.89. The topological polar surface area (TPSA) is 47.6 Å². The van der Waals surface area contributed by atoms with E-state index < -0.39 is 6.10 Å². The molecule has 3 aromatic rings. The van der Waals surface area contributed by atoms with Gasteiger partial charge >= 0.3 is 0 Å². The van der Waals surface area contributed by atoms with Crippen LogP contribution in [0.3, 0.4) is 0 Å². The van der Waals surface area contributed by atoms with Crippen molar-refractivity contribution in [1.29, 1.82) is 0 Å². The molecule has 0 aromatic heterocycles. The Balaban J connectivity index is 1.51. The molecule has 0 spiro atoms. The minimum Gasteiger partial charge on any atom is -0.491 e. The summed E-state index contributed by atoms with van der Waals surface area (Å²) < 4.78 is 11.6. The first-order valence-corrected chi connectivity index (χ1v) is 9.29. The number of hydrogen-bond donors (Lipinski definition) is 1. The van der Waals surface area contributed by atoms with Crippen LogP contribution >= 0.6 is 0 Å². The molecule has 1 atom stereocenters. The summed E-state index contributed by atoms with van der Waals surface area (Å²) in [6.07, 6.45) is 0.0711. The van der Waals surface area contributed by atoms with Crippen molar-refractivity contribution >= 4 is 16.7 Å². The van der Waals surface area contributed by atoms with Crippen LogP contribution in [-0.4, -0.2) is 25.2 Å². The zero-order valence-corrected chi connectivity index (χ0v) is 15.8. The van der Waals surface area contributed by atoms with Gasteiger partial charge in [-0.3, -0.25) is 4.79 Å². The lowest BCUT2D eigenvalue weighted by atomic mass is 10.1. The zero-order valence-electron chi connectivity index (χ0n) is 15.8. The Bertz CT molecular complexity index is 907. The van der Waals surface area contributed by atoms with Crippen molar-refractivity contribution in [3.63, 3.8) is 0 Å². The number of fused-ring (bicyclic) bond motifs is 1. The summed E-state index contributed by atoms with van der Waals surface area (Å²) in [5.74, 6) is 1.41. The highest BCUT2D eigenvalue weighted by Crippen LogP contribution is 2.22. The number of amides is 1. The van der Waals surface area contributed by atoms with E-state index in [0.29, 0.717) is 25.3 Å². The Hall–Kier alpha value is -3.01. The fourth-order valence-corrected chi connectivity index (χ4v) is 2.89. The summed E-state index contributed by atoms with van der Waals surface area (Å²) in [7, 11) is 0. The highest BCUT2D eigenvalue weighted by molar-refractivity contribution is 5.84. The number of para-hydroxylation sites is 1. The quantitative estimate of drug-likeness (QED) is 0.600. The van der Waals surface area contributed by atoms with Crippen LogP contribution in [0.25, 0.3) is 10.8 Å². The zero-order chi connectivity index (χ0) is 19.1. The van der Waals surface area contributed by atoms with Crippen molar-refractivity contribution in [2.24, 2.45) is 0 Å². The molecular formula is C23H25NO3. The second-order valence-corrected chi connectivity index (χ2v) is 6.43. The predicted octanol–water partition coefficient (Wildman–Crippen LogP) is 4.50. The summed E-state index contributed by atoms with van der Waals surface area (Å²) in [6.45, 7) is 4.79. The molecule has 4 nitrogen and oxygen atoms in total. The third-order valence-corrected chi connectivity index (χ3v) is 4.41. The molecule has 0 bridgehead atoms. The predicted molar refractivity (Wildman–Crippen MR) is 108 cm³/mol. The molecule has 3 rings (SSSR count). The first-order chi connectivity index (χ1) is 13.2. The van der Waals surface area contributed by atoms with Gasteiger partial charge in [0.05, 0.1) is 6.54 Å². The number of carbonyl (C=O) groups excluding carboxylic acids is 1. The summed E-state index contributed by atoms with van der Waals surface area (Å²) >= 11 is 0. The molecule has 0 saturated carbocycles. The van der Waals surface area contributed by atoms with Gasteiger partial charge in [0.25, 0.3) is 5.91 Å². The first kappa shape index (κ1) is 18.8. The maximum Gasteiger partial charge on any atom is 0.261 e. The van der Waals surface area contributed by atoms with E-state index in [2.05, 4.69) is 11.4 Å². The molecule has 0 unspecified atom stereocenters. The van der Waals surface area contributed by atoms with Gasteiger partial charge in [0.15, 0.2) is 6.10 Å². The lowest BCUT2D eigenvalue weighted by Gasteiger charge is -2.18. The van der Waals surface area contributed by atoms with Crippen LogP contribution in [0.2, 0.25) is 0 Å². The molecule has 27 heavy (non-hydrogen) atoms. The summed E-state index contributed by atoms with van der Waals surface area (Å²) in [5, 5.41) is 5.14. The van der Waals surface area contributed by atoms with Gasteiger partial charge < -0.3 is 14.8 Å². The maximum absolute atomic E-state index is 12.4. The number of carbonyl (C=O) groups is 1. The van der Waals surface area contributed by atoms with Gasteiger partial charge in [0.1, 0.15) is 18.1 Å². The molecule has 0 heterocycles. The van der Waals surface area contributed by atoms with Crippen LogP contribution in [0.5, 0.6) is 11.5 Å². The van der Waals surface area contributed by atoms with Gasteiger partial charge in [0, 0.05) is 0 Å². The summed E-state index contributed by atoms with van der Waals surface area (Å²) in [4.78, 5) is 12.4. The standard InChI is InChI=1S/C23H25NO3/c1-3-21(27-20-13-12-18-9-5-6-10-19(18)16-20)23(25)24-14-15-26-22-11-7-4-8-17(22)2/h4-13,16,21H,3,14-15H2,1-2H3,(H,24,25)/t21-/m0/s1. The molecule has 0 aliphatic rings. The van der Waals surface area contributed by atoms with E-state index in [4.69, 9.17) is 9.47 Å². The maximum atomic E-state index is 12.4. The molecule has 0 saturated heterocycles. The third kappa shape index (κ3) is 5.00. The van der Waals surface area contributed by atoms with E-state index in [0.717, 1.165) is 22.1 Å². The highest BCUT2D eigenvalue weighted by atomic mass is 16.5. The minimum absolute atomic E-state index is 0.126. The molecule has 1 N–H and O–H groups in total. The molecule has 0 aliphatic carbocycles. The number of aryl methyl sites for hydroxylation is 1. The molecule has 140 valence electrons. The van der Waals surface area contributed by atoms with Crippen molar-refractivity contribution in [2.75, 3.05) is 13.2 Å². The van der Waals surface area contributed by atoms with Crippen LogP contribution in [0, 0.1) is 6.92 Å². The Kier molecular flexibility index (Phi) is 6.31. The number of ether oxygens (including phenoxy) is 2. The highest BCUT2D eigenvalue weighted by Gasteiger charge is 2.18. The summed E-state index contributed by atoms with van der Waals surface area (Å²) in [5.41, 5.74) is 1.08. The fraction of sp³-hybridized carbons (Fsp3) is 0.261. The smallest absolute Gasteiger partial charge is 0.261 e. The van der Waals surface area contributed by atoms with Crippen LogP contribution < -0.4 is 14.8 Å². The number of rotatable bonds is 8. The van der Waals surface area contributed by atoms with Gasteiger partial charge in [0.2, 0.25) is 0 Å². The monoisotopic (exact) mass is 363 g/mol. The average Bonchev–Trinajstić information content (AvgIpc) is 2.70.